The summed E-state index contributed by atoms with van der Waals surface area (Å²) in [4.78, 5) is 22.8. The number of aromatic amines is 1. The van der Waals surface area contributed by atoms with Crippen molar-refractivity contribution in [2.75, 3.05) is 26.3 Å². The second-order valence-electron chi connectivity index (χ2n) is 7.37. The summed E-state index contributed by atoms with van der Waals surface area (Å²) in [5, 5.41) is 4.23. The van der Waals surface area contributed by atoms with Gasteiger partial charge in [0, 0.05) is 49.0 Å². The zero-order chi connectivity index (χ0) is 20.5. The molecule has 1 saturated heterocycles. The summed E-state index contributed by atoms with van der Waals surface area (Å²) in [5.74, 6) is -0.321. The molecule has 1 aromatic carbocycles. The number of fused-ring (bicyclic) bond motifs is 2. The van der Waals surface area contributed by atoms with Crippen molar-refractivity contribution in [1.29, 1.82) is 0 Å². The molecular formula is C22H22FN5O2. The van der Waals surface area contributed by atoms with Crippen molar-refractivity contribution in [2.45, 2.75) is 13.1 Å². The van der Waals surface area contributed by atoms with Gasteiger partial charge in [0.15, 0.2) is 5.69 Å². The van der Waals surface area contributed by atoms with Gasteiger partial charge in [-0.1, -0.05) is 6.07 Å². The number of nitrogens with one attached hydrogen (secondary N) is 2. The smallest absolute Gasteiger partial charge is 0.274 e. The molecule has 1 amide bonds. The molecule has 0 aliphatic carbocycles. The van der Waals surface area contributed by atoms with Crippen molar-refractivity contribution in [3.05, 3.63) is 71.6 Å². The van der Waals surface area contributed by atoms with Crippen LogP contribution in [-0.2, 0) is 17.8 Å². The van der Waals surface area contributed by atoms with Gasteiger partial charge in [-0.15, -0.1) is 0 Å². The van der Waals surface area contributed by atoms with E-state index in [1.54, 1.807) is 11.0 Å². The fraction of sp³-hybridized carbons (Fsp3) is 0.273. The van der Waals surface area contributed by atoms with Gasteiger partial charge in [0.25, 0.3) is 5.91 Å². The van der Waals surface area contributed by atoms with Crippen LogP contribution >= 0.6 is 0 Å². The zero-order valence-corrected chi connectivity index (χ0v) is 16.4. The SMILES string of the molecule is O=C(c1nc2ccccn2c1CNCc1cc2cc(F)ccc2[nH]1)N1CCOCC1. The Morgan fingerprint density at radius 1 is 1.17 bits per heavy atom. The molecule has 0 atom stereocenters. The maximum atomic E-state index is 13.4. The molecule has 1 aliphatic heterocycles. The van der Waals surface area contributed by atoms with Crippen molar-refractivity contribution in [1.82, 2.24) is 24.6 Å². The molecule has 4 aromatic rings. The third kappa shape index (κ3) is 3.55. The highest BCUT2D eigenvalue weighted by Gasteiger charge is 2.25. The van der Waals surface area contributed by atoms with Crippen molar-refractivity contribution in [3.63, 3.8) is 0 Å². The average molecular weight is 407 g/mol. The van der Waals surface area contributed by atoms with E-state index < -0.39 is 0 Å². The predicted octanol–water partition coefficient (Wildman–Crippen LogP) is 2.72. The quantitative estimate of drug-likeness (QED) is 0.534. The van der Waals surface area contributed by atoms with Crippen LogP contribution in [-0.4, -0.2) is 51.5 Å². The number of amides is 1. The minimum atomic E-state index is -0.252. The van der Waals surface area contributed by atoms with Gasteiger partial charge in [0.05, 0.1) is 18.9 Å². The number of hydrogen-bond donors (Lipinski definition) is 2. The molecule has 0 spiro atoms. The van der Waals surface area contributed by atoms with Gasteiger partial charge in [-0.25, -0.2) is 9.37 Å². The van der Waals surface area contributed by atoms with Gasteiger partial charge >= 0.3 is 0 Å². The largest absolute Gasteiger partial charge is 0.378 e. The molecule has 3 aromatic heterocycles. The minimum Gasteiger partial charge on any atom is -0.378 e. The molecule has 0 radical (unpaired) electrons. The molecule has 8 heteroatoms. The first kappa shape index (κ1) is 18.8. The van der Waals surface area contributed by atoms with E-state index in [2.05, 4.69) is 15.3 Å². The molecule has 7 nitrogen and oxygen atoms in total. The first-order chi connectivity index (χ1) is 14.7. The van der Waals surface area contributed by atoms with Crippen molar-refractivity contribution in [2.24, 2.45) is 0 Å². The number of ether oxygens (including phenoxy) is 1. The summed E-state index contributed by atoms with van der Waals surface area (Å²) >= 11 is 0. The number of imidazole rings is 1. The van der Waals surface area contributed by atoms with Crippen LogP contribution in [0.4, 0.5) is 4.39 Å². The van der Waals surface area contributed by atoms with Crippen molar-refractivity contribution in [3.8, 4) is 0 Å². The Balaban J connectivity index is 1.37. The van der Waals surface area contributed by atoms with Gasteiger partial charge in [0.1, 0.15) is 11.5 Å². The number of carbonyl (C=O) groups is 1. The Morgan fingerprint density at radius 3 is 2.90 bits per heavy atom. The number of hydrogen-bond acceptors (Lipinski definition) is 4. The summed E-state index contributed by atoms with van der Waals surface area (Å²) < 4.78 is 20.7. The van der Waals surface area contributed by atoms with Gasteiger partial charge in [-0.05, 0) is 36.4 Å². The van der Waals surface area contributed by atoms with Crippen molar-refractivity contribution >= 4 is 22.5 Å². The average Bonchev–Trinajstić information content (AvgIpc) is 3.34. The Kier molecular flexibility index (Phi) is 4.94. The maximum absolute atomic E-state index is 13.4. The standard InChI is InChI=1S/C22H22FN5O2/c23-16-4-5-18-15(11-16)12-17(25-18)13-24-14-19-21(22(29)27-7-9-30-10-8-27)26-20-3-1-2-6-28(19)20/h1-6,11-12,24-25H,7-10,13-14H2. The number of pyridine rings is 1. The maximum Gasteiger partial charge on any atom is 0.274 e. The van der Waals surface area contributed by atoms with E-state index >= 15 is 0 Å². The zero-order valence-electron chi connectivity index (χ0n) is 16.4. The number of nitrogens with zero attached hydrogens (tertiary/aromatic N) is 3. The summed E-state index contributed by atoms with van der Waals surface area (Å²) in [6, 6.07) is 12.3. The van der Waals surface area contributed by atoms with Crippen LogP contribution in [0.5, 0.6) is 0 Å². The van der Waals surface area contributed by atoms with Gasteiger partial charge in [-0.3, -0.25) is 4.79 Å². The molecular weight excluding hydrogens is 385 g/mol. The lowest BCUT2D eigenvalue weighted by molar-refractivity contribution is 0.0298. The lowest BCUT2D eigenvalue weighted by Gasteiger charge is -2.26. The van der Waals surface area contributed by atoms with Crippen LogP contribution in [0.15, 0.2) is 48.7 Å². The first-order valence-electron chi connectivity index (χ1n) is 10.00. The highest BCUT2D eigenvalue weighted by Crippen LogP contribution is 2.18. The monoisotopic (exact) mass is 407 g/mol. The number of H-pyrrole nitrogens is 1. The third-order valence-electron chi connectivity index (χ3n) is 5.38. The van der Waals surface area contributed by atoms with E-state index in [0.29, 0.717) is 45.1 Å². The number of aromatic nitrogens is 3. The highest BCUT2D eigenvalue weighted by atomic mass is 19.1. The normalized spacial score (nSPS) is 14.6. The fourth-order valence-corrected chi connectivity index (χ4v) is 3.88. The summed E-state index contributed by atoms with van der Waals surface area (Å²) in [7, 11) is 0. The molecule has 1 aliphatic rings. The Morgan fingerprint density at radius 2 is 2.03 bits per heavy atom. The van der Waals surface area contributed by atoms with Gasteiger partial charge in [0.2, 0.25) is 0 Å². The summed E-state index contributed by atoms with van der Waals surface area (Å²) in [6.07, 6.45) is 1.92. The topological polar surface area (TPSA) is 74.7 Å². The predicted molar refractivity (Wildman–Crippen MR) is 111 cm³/mol. The van der Waals surface area contributed by atoms with Crippen LogP contribution in [0.2, 0.25) is 0 Å². The van der Waals surface area contributed by atoms with Crippen LogP contribution in [0.1, 0.15) is 21.9 Å². The second-order valence-corrected chi connectivity index (χ2v) is 7.37. The minimum absolute atomic E-state index is 0.0695. The van der Waals surface area contributed by atoms with E-state index in [4.69, 9.17) is 4.74 Å². The molecule has 0 saturated carbocycles. The lowest BCUT2D eigenvalue weighted by atomic mass is 10.2. The Bertz CT molecular complexity index is 1210. The number of halogens is 1. The molecule has 5 rings (SSSR count). The van der Waals surface area contributed by atoms with Gasteiger partial charge < -0.3 is 24.3 Å². The number of benzene rings is 1. The number of carbonyl (C=O) groups excluding carboxylic acids is 1. The molecule has 0 bridgehead atoms. The van der Waals surface area contributed by atoms with E-state index in [0.717, 1.165) is 27.9 Å². The molecule has 4 heterocycles. The van der Waals surface area contributed by atoms with E-state index in [-0.39, 0.29) is 11.7 Å². The van der Waals surface area contributed by atoms with Crippen LogP contribution in [0, 0.1) is 5.82 Å². The molecule has 1 fully saturated rings. The number of morpholine rings is 1. The molecule has 2 N–H and O–H groups in total. The van der Waals surface area contributed by atoms with E-state index in [1.165, 1.54) is 12.1 Å². The van der Waals surface area contributed by atoms with Crippen LogP contribution < -0.4 is 5.32 Å². The second kappa shape index (κ2) is 7.89. The van der Waals surface area contributed by atoms with E-state index in [1.807, 2.05) is 34.9 Å². The first-order valence-corrected chi connectivity index (χ1v) is 10.00. The third-order valence-corrected chi connectivity index (χ3v) is 5.38. The molecule has 0 unspecified atom stereocenters. The molecule has 30 heavy (non-hydrogen) atoms. The highest BCUT2D eigenvalue weighted by molar-refractivity contribution is 5.94. The number of rotatable bonds is 5. The fourth-order valence-electron chi connectivity index (χ4n) is 3.88. The Labute approximate surface area is 172 Å². The Hall–Kier alpha value is -3.23. The van der Waals surface area contributed by atoms with Crippen LogP contribution in [0.3, 0.4) is 0 Å². The molecule has 154 valence electrons. The van der Waals surface area contributed by atoms with Gasteiger partial charge in [-0.2, -0.15) is 0 Å². The summed E-state index contributed by atoms with van der Waals surface area (Å²) in [5.41, 5.74) is 3.88. The lowest BCUT2D eigenvalue weighted by Crippen LogP contribution is -2.41. The van der Waals surface area contributed by atoms with Crippen molar-refractivity contribution < 1.29 is 13.9 Å². The summed E-state index contributed by atoms with van der Waals surface area (Å²) in [6.45, 7) is 3.28. The van der Waals surface area contributed by atoms with E-state index in [9.17, 15) is 9.18 Å². The van der Waals surface area contributed by atoms with Crippen LogP contribution in [0.25, 0.3) is 16.6 Å².